The third-order valence-corrected chi connectivity index (χ3v) is 3.53. The third-order valence-electron chi connectivity index (χ3n) is 3.53. The van der Waals surface area contributed by atoms with E-state index < -0.39 is 60.1 Å². The molecule has 3 N–H and O–H groups in total. The molecule has 0 radical (unpaired) electrons. The van der Waals surface area contributed by atoms with Gasteiger partial charge in [0, 0.05) is 0 Å². The highest BCUT2D eigenvalue weighted by atomic mass is 16.7. The van der Waals surface area contributed by atoms with Gasteiger partial charge in [-0.15, -0.1) is 0 Å². The van der Waals surface area contributed by atoms with Crippen molar-refractivity contribution < 1.29 is 39.1 Å². The summed E-state index contributed by atoms with van der Waals surface area (Å²) in [4.78, 5) is 24.3. The Labute approximate surface area is 141 Å². The van der Waals surface area contributed by atoms with Crippen LogP contribution >= 0.6 is 0 Å². The zero-order valence-electron chi connectivity index (χ0n) is 15.0. The van der Waals surface area contributed by atoms with Crippen LogP contribution in [0.1, 0.15) is 41.5 Å². The zero-order chi connectivity index (χ0) is 18.9. The summed E-state index contributed by atoms with van der Waals surface area (Å²) in [6.07, 6.45) is -7.02. The highest BCUT2D eigenvalue weighted by Gasteiger charge is 2.50. The van der Waals surface area contributed by atoms with Crippen molar-refractivity contribution in [3.05, 3.63) is 0 Å². The maximum Gasteiger partial charge on any atom is 0.311 e. The van der Waals surface area contributed by atoms with Crippen molar-refractivity contribution in [1.29, 1.82) is 0 Å². The molecule has 0 saturated carbocycles. The third kappa shape index (κ3) is 4.89. The van der Waals surface area contributed by atoms with Crippen LogP contribution in [0.3, 0.4) is 0 Å². The predicted molar refractivity (Wildman–Crippen MR) is 82.6 cm³/mol. The van der Waals surface area contributed by atoms with E-state index in [1.807, 2.05) is 0 Å². The Hall–Kier alpha value is -1.22. The average molecular weight is 348 g/mol. The first-order valence-electron chi connectivity index (χ1n) is 7.83. The summed E-state index contributed by atoms with van der Waals surface area (Å²) in [5.41, 5.74) is -1.73. The first-order valence-corrected chi connectivity index (χ1v) is 7.83. The molecule has 0 amide bonds. The minimum absolute atomic E-state index is 0.596. The molecule has 0 unspecified atom stereocenters. The lowest BCUT2D eigenvalue weighted by Crippen LogP contribution is -2.61. The Morgan fingerprint density at radius 3 is 1.71 bits per heavy atom. The van der Waals surface area contributed by atoms with Gasteiger partial charge in [0.2, 0.25) is 0 Å². The Morgan fingerprint density at radius 1 is 0.917 bits per heavy atom. The van der Waals surface area contributed by atoms with Crippen LogP contribution in [0.4, 0.5) is 0 Å². The smallest absolute Gasteiger partial charge is 0.311 e. The summed E-state index contributed by atoms with van der Waals surface area (Å²) in [6, 6.07) is 0. The molecule has 0 spiro atoms. The van der Waals surface area contributed by atoms with E-state index in [9.17, 15) is 24.9 Å². The van der Waals surface area contributed by atoms with Gasteiger partial charge < -0.3 is 29.5 Å². The van der Waals surface area contributed by atoms with Crippen LogP contribution in [0.25, 0.3) is 0 Å². The molecule has 1 rings (SSSR count). The van der Waals surface area contributed by atoms with Crippen LogP contribution in [0.5, 0.6) is 0 Å². The molecule has 24 heavy (non-hydrogen) atoms. The number of aliphatic hydroxyl groups excluding tert-OH is 3. The summed E-state index contributed by atoms with van der Waals surface area (Å²) < 4.78 is 15.6. The molecule has 1 aliphatic heterocycles. The topological polar surface area (TPSA) is 123 Å². The summed E-state index contributed by atoms with van der Waals surface area (Å²) in [5.74, 6) is -1.30. The molecular weight excluding hydrogens is 320 g/mol. The first kappa shape index (κ1) is 20.8. The Kier molecular flexibility index (Phi) is 6.37. The standard InChI is InChI=1S/C16H28O8/c1-15(2,3)13(20)23-10-9(18)8(7-17)22-12(19)11(10)24-14(21)16(4,5)6/h8-12,17-19H,7H2,1-6H3/t8-,9-,10+,11-,12+/m1/s1. The molecule has 0 aromatic rings. The fourth-order valence-electron chi connectivity index (χ4n) is 1.92. The summed E-state index contributed by atoms with van der Waals surface area (Å²) in [6.45, 7) is 9.13. The fraction of sp³-hybridized carbons (Fsp3) is 0.875. The number of carbonyl (C=O) groups excluding carboxylic acids is 2. The van der Waals surface area contributed by atoms with Gasteiger partial charge in [-0.3, -0.25) is 9.59 Å². The van der Waals surface area contributed by atoms with Crippen LogP contribution < -0.4 is 0 Å². The van der Waals surface area contributed by atoms with Crippen LogP contribution in [0.15, 0.2) is 0 Å². The maximum absolute atomic E-state index is 12.1. The number of esters is 2. The highest BCUT2D eigenvalue weighted by Crippen LogP contribution is 2.29. The van der Waals surface area contributed by atoms with Crippen molar-refractivity contribution >= 4 is 11.9 Å². The first-order chi connectivity index (χ1) is 10.8. The monoisotopic (exact) mass is 348 g/mol. The second kappa shape index (κ2) is 7.35. The van der Waals surface area contributed by atoms with Gasteiger partial charge in [-0.1, -0.05) is 0 Å². The van der Waals surface area contributed by atoms with E-state index in [0.29, 0.717) is 0 Å². The largest absolute Gasteiger partial charge is 0.455 e. The molecule has 8 nitrogen and oxygen atoms in total. The molecule has 0 bridgehead atoms. The van der Waals surface area contributed by atoms with E-state index in [1.165, 1.54) is 0 Å². The SMILES string of the molecule is CC(C)(C)C(=O)O[C@@H]1[C@@H](OC(=O)C(C)(C)C)[C@H](O)[C@@H](CO)O[C@@H]1O. The van der Waals surface area contributed by atoms with Gasteiger partial charge in [-0.2, -0.15) is 0 Å². The van der Waals surface area contributed by atoms with Crippen molar-refractivity contribution in [2.75, 3.05) is 6.61 Å². The highest BCUT2D eigenvalue weighted by molar-refractivity contribution is 5.76. The van der Waals surface area contributed by atoms with Gasteiger partial charge >= 0.3 is 11.9 Å². The Balaban J connectivity index is 3.06. The van der Waals surface area contributed by atoms with E-state index in [4.69, 9.17) is 14.2 Å². The second-order valence-electron chi connectivity index (χ2n) is 7.98. The van der Waals surface area contributed by atoms with Crippen LogP contribution in [-0.2, 0) is 23.8 Å². The quantitative estimate of drug-likeness (QED) is 0.608. The molecule has 0 aromatic heterocycles. The summed E-state index contributed by atoms with van der Waals surface area (Å²) in [5, 5.41) is 29.6. The molecule has 0 aliphatic carbocycles. The average Bonchev–Trinajstić information content (AvgIpc) is 2.43. The minimum atomic E-state index is -1.64. The molecule has 140 valence electrons. The van der Waals surface area contributed by atoms with Crippen molar-refractivity contribution in [2.45, 2.75) is 72.2 Å². The molecule has 0 aromatic carbocycles. The molecular formula is C16H28O8. The van der Waals surface area contributed by atoms with E-state index in [1.54, 1.807) is 41.5 Å². The fourth-order valence-corrected chi connectivity index (χ4v) is 1.92. The van der Waals surface area contributed by atoms with E-state index >= 15 is 0 Å². The van der Waals surface area contributed by atoms with Crippen molar-refractivity contribution in [3.8, 4) is 0 Å². The molecule has 8 heteroatoms. The van der Waals surface area contributed by atoms with E-state index in [2.05, 4.69) is 0 Å². The number of ether oxygens (including phenoxy) is 3. The number of carbonyl (C=O) groups is 2. The number of aliphatic hydroxyl groups is 3. The predicted octanol–water partition coefficient (Wildman–Crippen LogP) is -0.0274. The Morgan fingerprint density at radius 2 is 1.33 bits per heavy atom. The van der Waals surface area contributed by atoms with E-state index in [-0.39, 0.29) is 0 Å². The minimum Gasteiger partial charge on any atom is -0.455 e. The van der Waals surface area contributed by atoms with Crippen molar-refractivity contribution in [2.24, 2.45) is 10.8 Å². The van der Waals surface area contributed by atoms with Gasteiger partial charge in [0.05, 0.1) is 17.4 Å². The molecule has 1 aliphatic rings. The zero-order valence-corrected chi connectivity index (χ0v) is 15.0. The van der Waals surface area contributed by atoms with Gasteiger partial charge in [0.25, 0.3) is 0 Å². The number of rotatable bonds is 3. The number of hydrogen-bond acceptors (Lipinski definition) is 8. The van der Waals surface area contributed by atoms with Crippen molar-refractivity contribution in [3.63, 3.8) is 0 Å². The van der Waals surface area contributed by atoms with Gasteiger partial charge in [0.1, 0.15) is 12.2 Å². The molecule has 1 saturated heterocycles. The molecule has 1 fully saturated rings. The van der Waals surface area contributed by atoms with Gasteiger partial charge in [-0.05, 0) is 41.5 Å². The van der Waals surface area contributed by atoms with Gasteiger partial charge in [-0.25, -0.2) is 0 Å². The summed E-state index contributed by atoms with van der Waals surface area (Å²) in [7, 11) is 0. The lowest BCUT2D eigenvalue weighted by atomic mass is 9.94. The van der Waals surface area contributed by atoms with E-state index in [0.717, 1.165) is 0 Å². The maximum atomic E-state index is 12.1. The lowest BCUT2D eigenvalue weighted by molar-refractivity contribution is -0.296. The lowest BCUT2D eigenvalue weighted by Gasteiger charge is -2.42. The molecule has 5 atom stereocenters. The van der Waals surface area contributed by atoms with Crippen LogP contribution in [0, 0.1) is 10.8 Å². The van der Waals surface area contributed by atoms with Crippen molar-refractivity contribution in [1.82, 2.24) is 0 Å². The normalized spacial score (nSPS) is 31.5. The number of hydrogen-bond donors (Lipinski definition) is 3. The second-order valence-corrected chi connectivity index (χ2v) is 7.98. The van der Waals surface area contributed by atoms with Crippen LogP contribution in [0.2, 0.25) is 0 Å². The molecule has 1 heterocycles. The Bertz CT molecular complexity index is 462. The van der Waals surface area contributed by atoms with Crippen LogP contribution in [-0.4, -0.2) is 64.6 Å². The van der Waals surface area contributed by atoms with Gasteiger partial charge in [0.15, 0.2) is 18.5 Å². The summed E-state index contributed by atoms with van der Waals surface area (Å²) >= 11 is 0.